The Hall–Kier alpha value is -2.58. The fraction of sp³-hybridized carbons (Fsp3) is 0.0667. The minimum Gasteiger partial charge on any atom is -0.326 e. The normalized spacial score (nSPS) is 10.3. The van der Waals surface area contributed by atoms with Gasteiger partial charge in [-0.2, -0.15) is 0 Å². The van der Waals surface area contributed by atoms with Crippen molar-refractivity contribution in [2.24, 2.45) is 0 Å². The SMILES string of the molecule is O=C(Cc1nnc(NC(=O)c2cccs2)s1)Nc1ccccc1. The topological polar surface area (TPSA) is 84.0 Å². The number of carbonyl (C=O) groups is 2. The Kier molecular flexibility index (Phi) is 4.74. The van der Waals surface area contributed by atoms with Crippen LogP contribution in [-0.2, 0) is 11.2 Å². The number of hydrogen-bond acceptors (Lipinski definition) is 6. The third kappa shape index (κ3) is 4.21. The average molecular weight is 344 g/mol. The molecule has 0 aliphatic carbocycles. The Morgan fingerprint density at radius 2 is 1.83 bits per heavy atom. The second kappa shape index (κ2) is 7.12. The van der Waals surface area contributed by atoms with Gasteiger partial charge in [-0.25, -0.2) is 0 Å². The van der Waals surface area contributed by atoms with Crippen LogP contribution in [0.25, 0.3) is 0 Å². The van der Waals surface area contributed by atoms with Gasteiger partial charge in [-0.3, -0.25) is 14.9 Å². The van der Waals surface area contributed by atoms with Crippen molar-refractivity contribution in [3.63, 3.8) is 0 Å². The van der Waals surface area contributed by atoms with Gasteiger partial charge in [0.1, 0.15) is 5.01 Å². The predicted octanol–water partition coefficient (Wildman–Crippen LogP) is 3.03. The van der Waals surface area contributed by atoms with E-state index in [1.807, 2.05) is 35.7 Å². The number of aromatic nitrogens is 2. The Labute approximate surface area is 140 Å². The van der Waals surface area contributed by atoms with Crippen molar-refractivity contribution in [1.29, 1.82) is 0 Å². The first kappa shape index (κ1) is 15.3. The zero-order valence-corrected chi connectivity index (χ0v) is 13.5. The van der Waals surface area contributed by atoms with E-state index >= 15 is 0 Å². The van der Waals surface area contributed by atoms with E-state index in [-0.39, 0.29) is 18.2 Å². The number of benzene rings is 1. The summed E-state index contributed by atoms with van der Waals surface area (Å²) in [5, 5.41) is 16.0. The number of rotatable bonds is 5. The predicted molar refractivity (Wildman–Crippen MR) is 91.0 cm³/mol. The summed E-state index contributed by atoms with van der Waals surface area (Å²) < 4.78 is 0. The lowest BCUT2D eigenvalue weighted by Crippen LogP contribution is -2.14. The Morgan fingerprint density at radius 1 is 1.00 bits per heavy atom. The van der Waals surface area contributed by atoms with Gasteiger partial charge in [0.05, 0.1) is 11.3 Å². The van der Waals surface area contributed by atoms with Crippen molar-refractivity contribution in [3.8, 4) is 0 Å². The van der Waals surface area contributed by atoms with Gasteiger partial charge >= 0.3 is 0 Å². The maximum Gasteiger partial charge on any atom is 0.267 e. The van der Waals surface area contributed by atoms with Crippen LogP contribution in [0.4, 0.5) is 10.8 Å². The molecule has 3 rings (SSSR count). The first-order chi connectivity index (χ1) is 11.2. The van der Waals surface area contributed by atoms with Crippen molar-refractivity contribution < 1.29 is 9.59 Å². The molecule has 2 N–H and O–H groups in total. The van der Waals surface area contributed by atoms with Crippen molar-refractivity contribution in [2.75, 3.05) is 10.6 Å². The van der Waals surface area contributed by atoms with Crippen LogP contribution in [0.15, 0.2) is 47.8 Å². The third-order valence-electron chi connectivity index (χ3n) is 2.80. The summed E-state index contributed by atoms with van der Waals surface area (Å²) in [6.45, 7) is 0. The van der Waals surface area contributed by atoms with Crippen molar-refractivity contribution in [2.45, 2.75) is 6.42 Å². The van der Waals surface area contributed by atoms with Crippen molar-refractivity contribution in [3.05, 3.63) is 57.7 Å². The molecule has 2 amide bonds. The zero-order chi connectivity index (χ0) is 16.1. The van der Waals surface area contributed by atoms with E-state index in [1.165, 1.54) is 22.7 Å². The standard InChI is InChI=1S/C15H12N4O2S2/c20-12(16-10-5-2-1-3-6-10)9-13-18-19-15(23-13)17-14(21)11-7-4-8-22-11/h1-8H,9H2,(H,16,20)(H,17,19,21). The number of thiophene rings is 1. The number of nitrogens with zero attached hydrogens (tertiary/aromatic N) is 2. The van der Waals surface area contributed by atoms with Crippen LogP contribution >= 0.6 is 22.7 Å². The molecule has 0 aliphatic heterocycles. The van der Waals surface area contributed by atoms with Gasteiger partial charge in [-0.05, 0) is 23.6 Å². The van der Waals surface area contributed by atoms with Crippen molar-refractivity contribution >= 4 is 45.3 Å². The van der Waals surface area contributed by atoms with Gasteiger partial charge in [-0.15, -0.1) is 21.5 Å². The van der Waals surface area contributed by atoms with Gasteiger partial charge in [0.15, 0.2) is 0 Å². The van der Waals surface area contributed by atoms with Crippen LogP contribution in [0.3, 0.4) is 0 Å². The molecule has 0 radical (unpaired) electrons. The van der Waals surface area contributed by atoms with Crippen LogP contribution in [0.1, 0.15) is 14.7 Å². The highest BCUT2D eigenvalue weighted by atomic mass is 32.1. The summed E-state index contributed by atoms with van der Waals surface area (Å²) in [5.74, 6) is -0.403. The summed E-state index contributed by atoms with van der Waals surface area (Å²) in [4.78, 5) is 24.4. The van der Waals surface area contributed by atoms with Crippen LogP contribution in [-0.4, -0.2) is 22.0 Å². The van der Waals surface area contributed by atoms with Gasteiger partial charge in [0.25, 0.3) is 5.91 Å². The monoisotopic (exact) mass is 344 g/mol. The van der Waals surface area contributed by atoms with E-state index in [2.05, 4.69) is 20.8 Å². The molecule has 6 nitrogen and oxygen atoms in total. The lowest BCUT2D eigenvalue weighted by atomic mass is 10.3. The molecular formula is C15H12N4O2S2. The summed E-state index contributed by atoms with van der Waals surface area (Å²) in [6, 6.07) is 12.7. The molecule has 1 aromatic carbocycles. The van der Waals surface area contributed by atoms with E-state index in [1.54, 1.807) is 12.1 Å². The molecule has 0 spiro atoms. The molecule has 0 fully saturated rings. The number of anilines is 2. The molecule has 3 aromatic rings. The molecule has 116 valence electrons. The Bertz CT molecular complexity index is 800. The number of carbonyl (C=O) groups excluding carboxylic acids is 2. The van der Waals surface area contributed by atoms with E-state index in [4.69, 9.17) is 0 Å². The van der Waals surface area contributed by atoms with Crippen LogP contribution in [0, 0.1) is 0 Å². The van der Waals surface area contributed by atoms with Gasteiger partial charge in [0, 0.05) is 5.69 Å². The van der Waals surface area contributed by atoms with Crippen LogP contribution < -0.4 is 10.6 Å². The molecule has 8 heteroatoms. The van der Waals surface area contributed by atoms with Crippen molar-refractivity contribution in [1.82, 2.24) is 10.2 Å². The summed E-state index contributed by atoms with van der Waals surface area (Å²) in [7, 11) is 0. The highest BCUT2D eigenvalue weighted by molar-refractivity contribution is 7.15. The number of para-hydroxylation sites is 1. The average Bonchev–Trinajstić information content (AvgIpc) is 3.20. The molecule has 2 aromatic heterocycles. The Balaban J connectivity index is 1.57. The summed E-state index contributed by atoms with van der Waals surface area (Å²) in [6.07, 6.45) is 0.113. The first-order valence-electron chi connectivity index (χ1n) is 6.73. The van der Waals surface area contributed by atoms with E-state index in [0.29, 0.717) is 15.0 Å². The minimum atomic E-state index is -0.226. The highest BCUT2D eigenvalue weighted by Crippen LogP contribution is 2.18. The highest BCUT2D eigenvalue weighted by Gasteiger charge is 2.13. The number of nitrogens with one attached hydrogen (secondary N) is 2. The second-order valence-corrected chi connectivity index (χ2v) is 6.53. The third-order valence-corrected chi connectivity index (χ3v) is 4.51. The van der Waals surface area contributed by atoms with Gasteiger partial charge < -0.3 is 5.32 Å². The maximum absolute atomic E-state index is 11.9. The molecular weight excluding hydrogens is 332 g/mol. The molecule has 0 aliphatic rings. The zero-order valence-electron chi connectivity index (χ0n) is 11.9. The summed E-state index contributed by atoms with van der Waals surface area (Å²) in [5.41, 5.74) is 0.730. The largest absolute Gasteiger partial charge is 0.326 e. The molecule has 0 saturated heterocycles. The number of amides is 2. The van der Waals surface area contributed by atoms with Crippen LogP contribution in [0.5, 0.6) is 0 Å². The molecule has 0 saturated carbocycles. The van der Waals surface area contributed by atoms with E-state index < -0.39 is 0 Å². The molecule has 2 heterocycles. The molecule has 0 atom stereocenters. The van der Waals surface area contributed by atoms with Crippen LogP contribution in [0.2, 0.25) is 0 Å². The lowest BCUT2D eigenvalue weighted by Gasteiger charge is -2.02. The number of hydrogen-bond donors (Lipinski definition) is 2. The smallest absolute Gasteiger partial charge is 0.267 e. The molecule has 0 unspecified atom stereocenters. The quantitative estimate of drug-likeness (QED) is 0.745. The minimum absolute atomic E-state index is 0.113. The lowest BCUT2D eigenvalue weighted by molar-refractivity contribution is -0.115. The molecule has 0 bridgehead atoms. The van der Waals surface area contributed by atoms with Gasteiger partial charge in [0.2, 0.25) is 11.0 Å². The van der Waals surface area contributed by atoms with E-state index in [9.17, 15) is 9.59 Å². The molecule has 23 heavy (non-hydrogen) atoms. The Morgan fingerprint density at radius 3 is 2.57 bits per heavy atom. The summed E-state index contributed by atoms with van der Waals surface area (Å²) >= 11 is 2.54. The fourth-order valence-corrected chi connectivity index (χ4v) is 3.16. The second-order valence-electron chi connectivity index (χ2n) is 4.52. The van der Waals surface area contributed by atoms with Gasteiger partial charge in [-0.1, -0.05) is 35.6 Å². The fourth-order valence-electron chi connectivity index (χ4n) is 1.81. The van der Waals surface area contributed by atoms with E-state index in [0.717, 1.165) is 5.69 Å². The maximum atomic E-state index is 11.9. The first-order valence-corrected chi connectivity index (χ1v) is 8.42.